The van der Waals surface area contributed by atoms with Crippen LogP contribution in [0.2, 0.25) is 0 Å². The summed E-state index contributed by atoms with van der Waals surface area (Å²) in [6.07, 6.45) is 1.96. The molecule has 11 rings (SSSR count). The van der Waals surface area contributed by atoms with Gasteiger partial charge in [0.15, 0.2) is 0 Å². The van der Waals surface area contributed by atoms with E-state index in [1.165, 1.54) is 71.8 Å². The number of para-hydroxylation sites is 2. The maximum Gasteiger partial charge on any atom is 0.0754 e. The zero-order valence-electron chi connectivity index (χ0n) is 26.3. The smallest absolute Gasteiger partial charge is 0.0754 e. The third-order valence-corrected chi connectivity index (χ3v) is 10.7. The van der Waals surface area contributed by atoms with Crippen LogP contribution in [0.15, 0.2) is 164 Å². The number of rotatable bonds is 2. The molecule has 0 saturated heterocycles. The van der Waals surface area contributed by atoms with Gasteiger partial charge in [-0.05, 0) is 67.5 Å². The molecule has 2 nitrogen and oxygen atoms in total. The number of hydrogen-bond acceptors (Lipinski definition) is 1. The quantitative estimate of drug-likeness (QED) is 0.159. The normalized spacial score (nSPS) is 13.3. The van der Waals surface area contributed by atoms with Crippen molar-refractivity contribution in [2.75, 3.05) is 0 Å². The molecule has 0 atom stereocenters. The van der Waals surface area contributed by atoms with Gasteiger partial charge in [-0.3, -0.25) is 0 Å². The Balaban J connectivity index is 0.00000306. The fraction of sp³-hybridized carbons (Fsp3) is 0.0217. The van der Waals surface area contributed by atoms with Crippen molar-refractivity contribution in [2.45, 2.75) is 5.41 Å². The van der Waals surface area contributed by atoms with Gasteiger partial charge in [-0.15, -0.1) is 35.4 Å². The Hall–Kier alpha value is -5.60. The Bertz CT molecular complexity index is 2760. The number of pyridine rings is 1. The Kier molecular flexibility index (Phi) is 6.06. The van der Waals surface area contributed by atoms with Crippen LogP contribution >= 0.6 is 0 Å². The maximum absolute atomic E-state index is 4.82. The van der Waals surface area contributed by atoms with Gasteiger partial charge < -0.3 is 9.55 Å². The topological polar surface area (TPSA) is 17.8 Å². The average Bonchev–Trinajstić information content (AvgIpc) is 3.65. The predicted molar refractivity (Wildman–Crippen MR) is 197 cm³/mol. The Morgan fingerprint density at radius 3 is 2.04 bits per heavy atom. The molecule has 0 bridgehead atoms. The SMILES string of the molecule is [Ir].[c-]1ccc(-c2ccc3c(c2)-n2c4ccccc4c4cccc(c42)C32c3ccccc3-c3ccccc32)cc1-c1cc2ccccc2cn1. The molecular weight excluding hydrogens is 773 g/mol. The van der Waals surface area contributed by atoms with Gasteiger partial charge >= 0.3 is 0 Å². The van der Waals surface area contributed by atoms with Crippen molar-refractivity contribution < 1.29 is 20.1 Å². The Morgan fingerprint density at radius 2 is 1.20 bits per heavy atom. The summed E-state index contributed by atoms with van der Waals surface area (Å²) in [5.41, 5.74) is 15.5. The van der Waals surface area contributed by atoms with E-state index in [2.05, 4.69) is 162 Å². The molecule has 1 aliphatic heterocycles. The summed E-state index contributed by atoms with van der Waals surface area (Å²) < 4.78 is 2.52. The van der Waals surface area contributed by atoms with Gasteiger partial charge in [-0.1, -0.05) is 127 Å². The van der Waals surface area contributed by atoms with E-state index in [-0.39, 0.29) is 20.1 Å². The first kappa shape index (κ1) is 28.4. The van der Waals surface area contributed by atoms with E-state index in [0.717, 1.165) is 22.2 Å². The summed E-state index contributed by atoms with van der Waals surface area (Å²) >= 11 is 0. The molecule has 231 valence electrons. The second-order valence-corrected chi connectivity index (χ2v) is 13.0. The van der Waals surface area contributed by atoms with Crippen LogP contribution in [0.25, 0.3) is 71.8 Å². The molecule has 1 aliphatic carbocycles. The van der Waals surface area contributed by atoms with Crippen LogP contribution in [0.5, 0.6) is 0 Å². The van der Waals surface area contributed by atoms with E-state index in [1.807, 2.05) is 12.3 Å². The van der Waals surface area contributed by atoms with Crippen molar-refractivity contribution in [1.82, 2.24) is 9.55 Å². The molecule has 2 aromatic heterocycles. The van der Waals surface area contributed by atoms with Gasteiger partial charge in [0.05, 0.1) is 22.1 Å². The Labute approximate surface area is 297 Å². The minimum absolute atomic E-state index is 0. The van der Waals surface area contributed by atoms with Crippen LogP contribution in [-0.4, -0.2) is 9.55 Å². The number of aromatic nitrogens is 2. The fourth-order valence-electron chi connectivity index (χ4n) is 8.77. The number of benzene rings is 7. The third kappa shape index (κ3) is 3.72. The van der Waals surface area contributed by atoms with Crippen LogP contribution < -0.4 is 0 Å². The van der Waals surface area contributed by atoms with Crippen molar-refractivity contribution in [2.24, 2.45) is 0 Å². The second kappa shape index (κ2) is 10.4. The van der Waals surface area contributed by atoms with Crippen LogP contribution in [0.3, 0.4) is 0 Å². The van der Waals surface area contributed by atoms with Crippen molar-refractivity contribution in [3.8, 4) is 39.2 Å². The van der Waals surface area contributed by atoms with Crippen LogP contribution in [-0.2, 0) is 25.5 Å². The van der Waals surface area contributed by atoms with E-state index in [4.69, 9.17) is 4.98 Å². The van der Waals surface area contributed by atoms with Gasteiger partial charge in [-0.2, -0.15) is 0 Å². The van der Waals surface area contributed by atoms with E-state index in [1.54, 1.807) is 0 Å². The average molecular weight is 800 g/mol. The van der Waals surface area contributed by atoms with Crippen LogP contribution in [0.4, 0.5) is 0 Å². The zero-order valence-corrected chi connectivity index (χ0v) is 28.7. The van der Waals surface area contributed by atoms with Gasteiger partial charge in [0, 0.05) is 37.1 Å². The number of fused-ring (bicyclic) bond motifs is 13. The standard InChI is InChI=1S/C46H27N2.Ir/c1-2-12-33-28-47-42(26-30(33)11-1)32-14-9-13-29(25-32)31-23-24-40-44(27-31)48-43-22-8-5-17-36(43)37-18-10-21-41(45(37)48)46(40)38-19-6-3-15-34(38)35-16-4-7-20-39(35)46;/h1-13,15-28H;/q-1;. The molecule has 0 fully saturated rings. The molecule has 1 spiro atoms. The van der Waals surface area contributed by atoms with E-state index >= 15 is 0 Å². The summed E-state index contributed by atoms with van der Waals surface area (Å²) in [5, 5.41) is 4.89. The van der Waals surface area contributed by atoms with Crippen molar-refractivity contribution in [1.29, 1.82) is 0 Å². The van der Waals surface area contributed by atoms with Crippen molar-refractivity contribution >= 4 is 32.6 Å². The van der Waals surface area contributed by atoms with Crippen molar-refractivity contribution in [3.05, 3.63) is 192 Å². The third-order valence-electron chi connectivity index (χ3n) is 10.7. The minimum Gasteiger partial charge on any atom is -0.309 e. The molecule has 0 unspecified atom stereocenters. The van der Waals surface area contributed by atoms with Crippen LogP contribution in [0, 0.1) is 6.07 Å². The molecule has 0 N–H and O–H groups in total. The molecule has 1 radical (unpaired) electrons. The van der Waals surface area contributed by atoms with Gasteiger partial charge in [0.1, 0.15) is 0 Å². The van der Waals surface area contributed by atoms with Gasteiger partial charge in [-0.25, -0.2) is 0 Å². The van der Waals surface area contributed by atoms with E-state index in [9.17, 15) is 0 Å². The van der Waals surface area contributed by atoms with Gasteiger partial charge in [0.2, 0.25) is 0 Å². The Morgan fingerprint density at radius 1 is 0.531 bits per heavy atom. The molecule has 0 saturated carbocycles. The molecule has 0 amide bonds. The molecule has 49 heavy (non-hydrogen) atoms. The predicted octanol–water partition coefficient (Wildman–Crippen LogP) is 11.1. The summed E-state index contributed by atoms with van der Waals surface area (Å²) in [7, 11) is 0. The molecule has 3 heteroatoms. The number of nitrogens with zero attached hydrogens (tertiary/aromatic N) is 2. The molecular formula is C46H27IrN2-. The molecule has 9 aromatic rings. The summed E-state index contributed by atoms with van der Waals surface area (Å²) in [5.74, 6) is 0. The minimum atomic E-state index is -0.435. The van der Waals surface area contributed by atoms with Crippen molar-refractivity contribution in [3.63, 3.8) is 0 Å². The monoisotopic (exact) mass is 800 g/mol. The van der Waals surface area contributed by atoms with Gasteiger partial charge in [0.25, 0.3) is 0 Å². The first-order chi connectivity index (χ1) is 23.8. The first-order valence-corrected chi connectivity index (χ1v) is 16.5. The largest absolute Gasteiger partial charge is 0.309 e. The summed E-state index contributed by atoms with van der Waals surface area (Å²) in [6, 6.07) is 61.4. The van der Waals surface area contributed by atoms with E-state index < -0.39 is 5.41 Å². The fourth-order valence-corrected chi connectivity index (χ4v) is 8.77. The summed E-state index contributed by atoms with van der Waals surface area (Å²) in [4.78, 5) is 4.82. The number of hydrogen-bond donors (Lipinski definition) is 0. The maximum atomic E-state index is 4.82. The first-order valence-electron chi connectivity index (χ1n) is 16.5. The molecule has 2 aliphatic rings. The summed E-state index contributed by atoms with van der Waals surface area (Å²) in [6.45, 7) is 0. The second-order valence-electron chi connectivity index (χ2n) is 13.0. The molecule has 3 heterocycles. The molecule has 7 aromatic carbocycles. The van der Waals surface area contributed by atoms with E-state index in [0.29, 0.717) is 0 Å². The van der Waals surface area contributed by atoms with Crippen LogP contribution in [0.1, 0.15) is 22.3 Å². The zero-order chi connectivity index (χ0) is 31.4.